The average Bonchev–Trinajstić information content (AvgIpc) is 1.93. The second-order valence-electron chi connectivity index (χ2n) is 2.01. The number of benzene rings is 1. The van der Waals surface area contributed by atoms with Gasteiger partial charge in [-0.25, -0.2) is 4.79 Å². The van der Waals surface area contributed by atoms with E-state index >= 15 is 0 Å². The van der Waals surface area contributed by atoms with Crippen molar-refractivity contribution in [3.8, 4) is 5.75 Å². The Kier molecular flexibility index (Phi) is 2.08. The van der Waals surface area contributed by atoms with Gasteiger partial charge in [-0.05, 0) is 12.1 Å². The number of carbonyl (C=O) groups is 1. The van der Waals surface area contributed by atoms with E-state index in [1.807, 2.05) is 0 Å². The summed E-state index contributed by atoms with van der Waals surface area (Å²) in [5.74, 6) is 0.310. The highest BCUT2D eigenvalue weighted by molar-refractivity contribution is 5.61. The highest BCUT2D eigenvalue weighted by Crippen LogP contribution is 2.11. The van der Waals surface area contributed by atoms with Gasteiger partial charge in [0.15, 0.2) is 0 Å². The van der Waals surface area contributed by atoms with Crippen LogP contribution in [0, 0.1) is 0 Å². The fourth-order valence-corrected chi connectivity index (χ4v) is 0.658. The van der Waals surface area contributed by atoms with E-state index in [9.17, 15) is 4.79 Å². The van der Waals surface area contributed by atoms with E-state index in [4.69, 9.17) is 5.11 Å². The van der Waals surface area contributed by atoms with E-state index in [1.54, 1.807) is 24.3 Å². The molecule has 0 aliphatic carbocycles. The molecule has 0 heterocycles. The predicted octanol–water partition coefficient (Wildman–Crippen LogP) is 0.617. The van der Waals surface area contributed by atoms with Gasteiger partial charge in [-0.15, -0.1) is 0 Å². The Labute approximate surface area is 63.2 Å². The number of rotatable bonds is 1. The smallest absolute Gasteiger partial charge is 0.449 e. The molecule has 1 aromatic carbocycles. The Morgan fingerprint density at radius 1 is 1.36 bits per heavy atom. The van der Waals surface area contributed by atoms with E-state index < -0.39 is 6.16 Å². The summed E-state index contributed by atoms with van der Waals surface area (Å²) >= 11 is 0. The van der Waals surface area contributed by atoms with Crippen LogP contribution < -0.4 is 10.5 Å². The van der Waals surface area contributed by atoms with Crippen LogP contribution in [0.2, 0.25) is 0 Å². The Hall–Kier alpha value is -1.55. The third-order valence-corrected chi connectivity index (χ3v) is 1.13. The predicted molar refractivity (Wildman–Crippen MR) is 37.6 cm³/mol. The first-order valence-electron chi connectivity index (χ1n) is 3.01. The fraction of sp³-hybridized carbons (Fsp3) is 0. The van der Waals surface area contributed by atoms with Gasteiger partial charge in [-0.3, -0.25) is 0 Å². The summed E-state index contributed by atoms with van der Waals surface area (Å²) in [5.41, 5.74) is 4.46. The van der Waals surface area contributed by atoms with Crippen LogP contribution in [-0.4, -0.2) is 11.3 Å². The third-order valence-electron chi connectivity index (χ3n) is 1.13. The molecule has 0 atom stereocenters. The van der Waals surface area contributed by atoms with Crippen LogP contribution in [0.5, 0.6) is 5.75 Å². The molecule has 1 rings (SSSR count). The monoisotopic (exact) mass is 154 g/mol. The average molecular weight is 154 g/mol. The standard InChI is InChI=1S/C7H7NO3/c8-5-1-3-6(4-2-5)11-7(9)10/h1-4H,8H2,(H,9,10)/p+1. The molecule has 1 aromatic rings. The van der Waals surface area contributed by atoms with E-state index in [0.717, 1.165) is 5.69 Å². The lowest BCUT2D eigenvalue weighted by Crippen LogP contribution is -2.39. The van der Waals surface area contributed by atoms with Crippen molar-refractivity contribution >= 4 is 11.8 Å². The van der Waals surface area contributed by atoms with Gasteiger partial charge in [0.1, 0.15) is 11.4 Å². The highest BCUT2D eigenvalue weighted by atomic mass is 16.7. The molecule has 0 fully saturated rings. The number of quaternary nitrogens is 1. The Balaban J connectivity index is 2.74. The van der Waals surface area contributed by atoms with Crippen molar-refractivity contribution in [3.63, 3.8) is 0 Å². The maximum absolute atomic E-state index is 10.0. The van der Waals surface area contributed by atoms with Gasteiger partial charge in [-0.2, -0.15) is 0 Å². The number of hydrogen-bond acceptors (Lipinski definition) is 2. The minimum absolute atomic E-state index is 0.310. The molecule has 0 bridgehead atoms. The molecule has 0 spiro atoms. The molecule has 4 nitrogen and oxygen atoms in total. The zero-order chi connectivity index (χ0) is 8.27. The van der Waals surface area contributed by atoms with Crippen molar-refractivity contribution in [2.24, 2.45) is 0 Å². The summed E-state index contributed by atoms with van der Waals surface area (Å²) in [6, 6.07) is 6.46. The maximum atomic E-state index is 10.0. The quantitative estimate of drug-likeness (QED) is 0.460. The lowest BCUT2D eigenvalue weighted by molar-refractivity contribution is -0.254. The summed E-state index contributed by atoms with van der Waals surface area (Å²) in [5, 5.41) is 8.20. The summed E-state index contributed by atoms with van der Waals surface area (Å²) in [6.07, 6.45) is -1.30. The first kappa shape index (κ1) is 7.56. The van der Waals surface area contributed by atoms with Crippen LogP contribution in [0.15, 0.2) is 24.3 Å². The van der Waals surface area contributed by atoms with Crippen LogP contribution in [0.3, 0.4) is 0 Å². The van der Waals surface area contributed by atoms with Crippen molar-refractivity contribution in [1.29, 1.82) is 0 Å². The maximum Gasteiger partial charge on any atom is 0.511 e. The largest absolute Gasteiger partial charge is 0.511 e. The number of carboxylic acid groups (broad SMARTS) is 1. The lowest BCUT2D eigenvalue weighted by atomic mass is 10.3. The van der Waals surface area contributed by atoms with Crippen molar-refractivity contribution in [2.75, 3.05) is 0 Å². The Morgan fingerprint density at radius 3 is 2.36 bits per heavy atom. The second kappa shape index (κ2) is 3.03. The Morgan fingerprint density at radius 2 is 1.91 bits per heavy atom. The molecule has 4 N–H and O–H groups in total. The molecule has 0 saturated heterocycles. The third kappa shape index (κ3) is 2.27. The van der Waals surface area contributed by atoms with Gasteiger partial charge in [0, 0.05) is 12.1 Å². The molecule has 0 unspecified atom stereocenters. The zero-order valence-corrected chi connectivity index (χ0v) is 5.78. The molecular weight excluding hydrogens is 146 g/mol. The van der Waals surface area contributed by atoms with Crippen LogP contribution >= 0.6 is 0 Å². The first-order chi connectivity index (χ1) is 5.18. The van der Waals surface area contributed by atoms with Crippen LogP contribution in [-0.2, 0) is 0 Å². The van der Waals surface area contributed by atoms with E-state index in [1.165, 1.54) is 0 Å². The molecular formula is C7H8NO3+. The minimum atomic E-state index is -1.30. The highest BCUT2D eigenvalue weighted by Gasteiger charge is 1.99. The van der Waals surface area contributed by atoms with Crippen LogP contribution in [0.1, 0.15) is 0 Å². The summed E-state index contributed by atoms with van der Waals surface area (Å²) in [4.78, 5) is 10.0. The molecule has 11 heavy (non-hydrogen) atoms. The number of hydrogen-bond donors (Lipinski definition) is 2. The van der Waals surface area contributed by atoms with Gasteiger partial charge in [0.25, 0.3) is 0 Å². The topological polar surface area (TPSA) is 74.2 Å². The van der Waals surface area contributed by atoms with Crippen LogP contribution in [0.4, 0.5) is 10.5 Å². The van der Waals surface area contributed by atoms with Gasteiger partial charge >= 0.3 is 6.16 Å². The van der Waals surface area contributed by atoms with Crippen molar-refractivity contribution < 1.29 is 20.4 Å². The molecule has 0 aliphatic rings. The molecule has 0 radical (unpaired) electrons. The van der Waals surface area contributed by atoms with E-state index in [2.05, 4.69) is 10.5 Å². The molecule has 0 aliphatic heterocycles. The molecule has 4 heteroatoms. The van der Waals surface area contributed by atoms with E-state index in [0.29, 0.717) is 5.75 Å². The summed E-state index contributed by atoms with van der Waals surface area (Å²) in [7, 11) is 0. The first-order valence-corrected chi connectivity index (χ1v) is 3.01. The normalized spacial score (nSPS) is 9.18. The lowest BCUT2D eigenvalue weighted by Gasteiger charge is -1.96. The molecule has 0 saturated carbocycles. The molecule has 0 aromatic heterocycles. The fourth-order valence-electron chi connectivity index (χ4n) is 0.658. The SMILES string of the molecule is [NH3+]c1ccc(OC(=O)O)cc1. The van der Waals surface area contributed by atoms with Gasteiger partial charge < -0.3 is 15.6 Å². The van der Waals surface area contributed by atoms with Gasteiger partial charge in [0.05, 0.1) is 0 Å². The van der Waals surface area contributed by atoms with E-state index in [-0.39, 0.29) is 0 Å². The molecule has 58 valence electrons. The minimum Gasteiger partial charge on any atom is -0.449 e. The van der Waals surface area contributed by atoms with Gasteiger partial charge in [-0.1, -0.05) is 0 Å². The molecule has 0 amide bonds. The van der Waals surface area contributed by atoms with Crippen molar-refractivity contribution in [1.82, 2.24) is 0 Å². The Bertz CT molecular complexity index is 255. The van der Waals surface area contributed by atoms with Crippen molar-refractivity contribution in [2.45, 2.75) is 0 Å². The zero-order valence-electron chi connectivity index (χ0n) is 5.78. The summed E-state index contributed by atoms with van der Waals surface area (Å²) < 4.78 is 4.36. The summed E-state index contributed by atoms with van der Waals surface area (Å²) in [6.45, 7) is 0. The van der Waals surface area contributed by atoms with Crippen molar-refractivity contribution in [3.05, 3.63) is 24.3 Å². The van der Waals surface area contributed by atoms with Gasteiger partial charge in [0.2, 0.25) is 0 Å². The second-order valence-corrected chi connectivity index (χ2v) is 2.01. The number of ether oxygens (including phenoxy) is 1. The van der Waals surface area contributed by atoms with Crippen LogP contribution in [0.25, 0.3) is 0 Å².